The fraction of sp³-hybridized carbons (Fsp3) is 0.500. The Bertz CT molecular complexity index is 1090. The Morgan fingerprint density at radius 1 is 1.18 bits per heavy atom. The molecule has 0 saturated heterocycles. The van der Waals surface area contributed by atoms with Crippen LogP contribution < -0.4 is 11.1 Å². The molecule has 0 radical (unpaired) electrons. The second-order valence-electron chi connectivity index (χ2n) is 9.79. The SMILES string of the molecule is CO[C@H]1C=CC=C(C)C(=O)Nc2cc(F)c(O)c(c2)C[C@@H](C)C[C@H](OC)[C@H](O)[C@@H](C)C=C(C)[C@@H]1OC(N)=O. The van der Waals surface area contributed by atoms with E-state index in [1.165, 1.54) is 26.4 Å². The zero-order chi connectivity index (χ0) is 28.6. The summed E-state index contributed by atoms with van der Waals surface area (Å²) in [4.78, 5) is 24.4. The molecule has 210 valence electrons. The summed E-state index contributed by atoms with van der Waals surface area (Å²) in [6.45, 7) is 7.02. The highest BCUT2D eigenvalue weighted by Gasteiger charge is 2.29. The highest BCUT2D eigenvalue weighted by atomic mass is 19.1. The topological polar surface area (TPSA) is 140 Å². The number of benzene rings is 1. The molecule has 0 fully saturated rings. The number of phenolic OH excluding ortho intramolecular Hbond substituents is 1. The van der Waals surface area contributed by atoms with Crippen LogP contribution in [0.15, 0.2) is 47.6 Å². The molecular formula is C28H39FN2O7. The molecule has 0 spiro atoms. The molecule has 38 heavy (non-hydrogen) atoms. The number of hydrogen-bond acceptors (Lipinski definition) is 7. The number of methoxy groups -OCH3 is 2. The first kappa shape index (κ1) is 31.0. The third kappa shape index (κ3) is 8.41. The molecule has 5 N–H and O–H groups in total. The van der Waals surface area contributed by atoms with Gasteiger partial charge in [0.05, 0.1) is 12.2 Å². The lowest BCUT2D eigenvalue weighted by Crippen LogP contribution is -2.37. The summed E-state index contributed by atoms with van der Waals surface area (Å²) >= 11 is 0. The maximum Gasteiger partial charge on any atom is 0.405 e. The van der Waals surface area contributed by atoms with Crippen LogP contribution in [-0.2, 0) is 25.4 Å². The molecule has 2 rings (SSSR count). The normalized spacial score (nSPS) is 27.7. The maximum atomic E-state index is 14.5. The molecule has 0 unspecified atom stereocenters. The predicted octanol–water partition coefficient (Wildman–Crippen LogP) is 3.99. The van der Waals surface area contributed by atoms with E-state index in [4.69, 9.17) is 19.9 Å². The lowest BCUT2D eigenvalue weighted by Gasteiger charge is -2.29. The number of allylic oxidation sites excluding steroid dienone is 2. The van der Waals surface area contributed by atoms with E-state index >= 15 is 0 Å². The number of amides is 2. The minimum Gasteiger partial charge on any atom is -0.505 e. The standard InChI is InChI=1S/C28H39FN2O7/c1-15-10-19-13-20(14-21(29)25(19)33)31-27(34)16(2)8-7-9-22(36-5)26(38-28(30)35)18(4)12-17(3)24(32)23(11-15)37-6/h7-9,12-15,17,22-24,26,32-33H,10-11H2,1-6H3,(H2,30,35)(H,31,34)/t15-,17+,22+,23+,24-,26+/m1/s1. The van der Waals surface area contributed by atoms with Crippen molar-refractivity contribution in [2.24, 2.45) is 17.6 Å². The van der Waals surface area contributed by atoms with Crippen LogP contribution in [0, 0.1) is 17.7 Å². The van der Waals surface area contributed by atoms with Gasteiger partial charge in [-0.25, -0.2) is 9.18 Å². The Morgan fingerprint density at radius 2 is 1.87 bits per heavy atom. The summed E-state index contributed by atoms with van der Waals surface area (Å²) in [5.74, 6) is -2.34. The molecule has 9 nitrogen and oxygen atoms in total. The number of aliphatic hydroxyl groups is 1. The number of anilines is 1. The van der Waals surface area contributed by atoms with Gasteiger partial charge in [0.2, 0.25) is 0 Å². The lowest BCUT2D eigenvalue weighted by atomic mass is 9.88. The van der Waals surface area contributed by atoms with Crippen LogP contribution in [0.2, 0.25) is 0 Å². The van der Waals surface area contributed by atoms with Crippen LogP contribution in [0.3, 0.4) is 0 Å². The number of fused-ring (bicyclic) bond motifs is 2. The van der Waals surface area contributed by atoms with Crippen LogP contribution in [0.25, 0.3) is 0 Å². The fourth-order valence-electron chi connectivity index (χ4n) is 4.52. The van der Waals surface area contributed by atoms with Crippen LogP contribution in [0.5, 0.6) is 5.75 Å². The number of halogens is 1. The van der Waals surface area contributed by atoms with Crippen molar-refractivity contribution in [2.75, 3.05) is 19.5 Å². The number of aliphatic hydroxyl groups excluding tert-OH is 1. The number of ether oxygens (including phenoxy) is 3. The van der Waals surface area contributed by atoms with E-state index in [2.05, 4.69) is 5.32 Å². The van der Waals surface area contributed by atoms with Crippen molar-refractivity contribution in [2.45, 2.75) is 65.0 Å². The number of phenols is 1. The van der Waals surface area contributed by atoms with Gasteiger partial charge in [-0.2, -0.15) is 0 Å². The van der Waals surface area contributed by atoms with Gasteiger partial charge >= 0.3 is 6.09 Å². The molecule has 0 saturated carbocycles. The van der Waals surface area contributed by atoms with E-state index in [-0.39, 0.29) is 18.0 Å². The van der Waals surface area contributed by atoms with Gasteiger partial charge in [0, 0.05) is 37.5 Å². The first-order chi connectivity index (χ1) is 17.9. The van der Waals surface area contributed by atoms with Crippen molar-refractivity contribution in [3.63, 3.8) is 0 Å². The minimum absolute atomic E-state index is 0.125. The maximum absolute atomic E-state index is 14.5. The van der Waals surface area contributed by atoms with Crippen molar-refractivity contribution in [1.82, 2.24) is 0 Å². The first-order valence-electron chi connectivity index (χ1n) is 12.4. The highest BCUT2D eigenvalue weighted by Crippen LogP contribution is 2.30. The Kier molecular flexibility index (Phi) is 11.5. The molecular weight excluding hydrogens is 495 g/mol. The summed E-state index contributed by atoms with van der Waals surface area (Å²) in [7, 11) is 2.93. The summed E-state index contributed by atoms with van der Waals surface area (Å²) in [6, 6.07) is 2.58. The molecule has 1 aliphatic rings. The van der Waals surface area contributed by atoms with Crippen LogP contribution in [-0.4, -0.2) is 60.8 Å². The highest BCUT2D eigenvalue weighted by molar-refractivity contribution is 6.03. The van der Waals surface area contributed by atoms with Crippen LogP contribution in [0.1, 0.15) is 39.7 Å². The number of aromatic hydroxyl groups is 1. The third-order valence-electron chi connectivity index (χ3n) is 6.62. The van der Waals surface area contributed by atoms with E-state index in [1.54, 1.807) is 39.0 Å². The number of primary amides is 1. The molecule has 0 aromatic heterocycles. The Balaban J connectivity index is 2.57. The summed E-state index contributed by atoms with van der Waals surface area (Å²) in [5.41, 5.74) is 6.75. The number of carbonyl (C=O) groups is 2. The van der Waals surface area contributed by atoms with Crippen LogP contribution >= 0.6 is 0 Å². The largest absolute Gasteiger partial charge is 0.505 e. The third-order valence-corrected chi connectivity index (χ3v) is 6.62. The second-order valence-corrected chi connectivity index (χ2v) is 9.79. The molecule has 0 aliphatic carbocycles. The number of nitrogens with two attached hydrogens (primary N) is 1. The molecule has 1 aliphatic heterocycles. The van der Waals surface area contributed by atoms with E-state index in [0.717, 1.165) is 6.07 Å². The Labute approximate surface area is 223 Å². The van der Waals surface area contributed by atoms with Gasteiger partial charge in [0.1, 0.15) is 6.10 Å². The van der Waals surface area contributed by atoms with E-state index < -0.39 is 53.9 Å². The lowest BCUT2D eigenvalue weighted by molar-refractivity contribution is -0.112. The molecule has 1 heterocycles. The second kappa shape index (κ2) is 14.1. The number of hydrogen-bond donors (Lipinski definition) is 4. The van der Waals surface area contributed by atoms with Gasteiger partial charge in [-0.1, -0.05) is 38.2 Å². The number of rotatable bonds is 3. The average molecular weight is 535 g/mol. The number of carbonyl (C=O) groups excluding carboxylic acids is 2. The molecule has 1 aromatic rings. The first-order valence-corrected chi connectivity index (χ1v) is 12.4. The van der Waals surface area contributed by atoms with Crippen molar-refractivity contribution >= 4 is 17.7 Å². The van der Waals surface area contributed by atoms with E-state index in [0.29, 0.717) is 23.1 Å². The molecule has 2 amide bonds. The van der Waals surface area contributed by atoms with Gasteiger partial charge in [-0.15, -0.1) is 0 Å². The quantitative estimate of drug-likeness (QED) is 0.339. The van der Waals surface area contributed by atoms with E-state index in [1.807, 2.05) is 6.92 Å². The Morgan fingerprint density at radius 3 is 2.47 bits per heavy atom. The zero-order valence-electron chi connectivity index (χ0n) is 22.7. The van der Waals surface area contributed by atoms with Crippen molar-refractivity contribution < 1.29 is 38.4 Å². The van der Waals surface area contributed by atoms with Crippen LogP contribution in [0.4, 0.5) is 14.9 Å². The molecule has 6 atom stereocenters. The summed E-state index contributed by atoms with van der Waals surface area (Å²) in [6.07, 6.45) is 3.03. The summed E-state index contributed by atoms with van der Waals surface area (Å²) in [5, 5.41) is 24.0. The molecule has 1 aromatic carbocycles. The van der Waals surface area contributed by atoms with Gasteiger partial charge in [-0.05, 0) is 49.8 Å². The van der Waals surface area contributed by atoms with Gasteiger partial charge < -0.3 is 35.5 Å². The Hall–Kier alpha value is -3.21. The van der Waals surface area contributed by atoms with Gasteiger partial charge in [0.25, 0.3) is 5.91 Å². The van der Waals surface area contributed by atoms with Crippen molar-refractivity contribution in [3.05, 3.63) is 59.0 Å². The van der Waals surface area contributed by atoms with Crippen molar-refractivity contribution in [3.8, 4) is 5.75 Å². The summed E-state index contributed by atoms with van der Waals surface area (Å²) < 4.78 is 30.9. The van der Waals surface area contributed by atoms with E-state index in [9.17, 15) is 24.2 Å². The van der Waals surface area contributed by atoms with Gasteiger partial charge in [0.15, 0.2) is 17.7 Å². The average Bonchev–Trinajstić information content (AvgIpc) is 2.85. The number of nitrogens with one attached hydrogen (secondary N) is 1. The monoisotopic (exact) mass is 534 g/mol. The smallest absolute Gasteiger partial charge is 0.405 e. The van der Waals surface area contributed by atoms with Crippen molar-refractivity contribution in [1.29, 1.82) is 0 Å². The fourth-order valence-corrected chi connectivity index (χ4v) is 4.52. The minimum atomic E-state index is -0.989. The van der Waals surface area contributed by atoms with Gasteiger partial charge in [-0.3, -0.25) is 4.79 Å². The predicted molar refractivity (Wildman–Crippen MR) is 142 cm³/mol. The molecule has 10 heteroatoms. The molecule has 2 bridgehead atoms. The zero-order valence-corrected chi connectivity index (χ0v) is 22.7.